The fraction of sp³-hybridized carbons (Fsp3) is 0.500. The topological polar surface area (TPSA) is 76.4 Å². The molecule has 38 heavy (non-hydrogen) atoms. The molecule has 2 atom stereocenters. The van der Waals surface area contributed by atoms with Crippen LogP contribution in [0.4, 0.5) is 10.3 Å². The largest absolute Gasteiger partial charge is 0.493 e. The zero-order valence-corrected chi connectivity index (χ0v) is 22.1. The molecule has 3 aliphatic rings. The van der Waals surface area contributed by atoms with Crippen molar-refractivity contribution in [2.24, 2.45) is 17.8 Å². The summed E-state index contributed by atoms with van der Waals surface area (Å²) in [5, 5.41) is 0.558. The SMILES string of the molecule is O=C(Cc1ccc(OCCC2CC2C2CCN(c3ncc(Cl)cn3)CC2)cc1F)N1CCn2ccnc2C1. The zero-order chi connectivity index (χ0) is 26.1. The molecule has 1 saturated carbocycles. The molecule has 6 rings (SSSR count). The lowest BCUT2D eigenvalue weighted by atomic mass is 9.90. The number of hydrogen-bond donors (Lipinski definition) is 0. The van der Waals surface area contributed by atoms with Crippen molar-refractivity contribution in [3.8, 4) is 5.75 Å². The van der Waals surface area contributed by atoms with Crippen molar-refractivity contribution in [1.29, 1.82) is 0 Å². The van der Waals surface area contributed by atoms with Gasteiger partial charge in [-0.1, -0.05) is 17.7 Å². The minimum atomic E-state index is -0.393. The molecule has 10 heteroatoms. The first-order valence-corrected chi connectivity index (χ1v) is 13.8. The van der Waals surface area contributed by atoms with Crippen molar-refractivity contribution >= 4 is 23.5 Å². The Kier molecular flexibility index (Phi) is 7.19. The first-order chi connectivity index (χ1) is 18.5. The molecule has 0 bridgehead atoms. The van der Waals surface area contributed by atoms with Gasteiger partial charge in [0.1, 0.15) is 17.4 Å². The fourth-order valence-electron chi connectivity index (χ4n) is 5.93. The number of anilines is 1. The van der Waals surface area contributed by atoms with Crippen LogP contribution in [0.5, 0.6) is 5.75 Å². The van der Waals surface area contributed by atoms with E-state index in [0.717, 1.165) is 62.5 Å². The van der Waals surface area contributed by atoms with E-state index in [0.29, 0.717) is 41.9 Å². The van der Waals surface area contributed by atoms with Gasteiger partial charge in [-0.25, -0.2) is 19.3 Å². The Hall–Kier alpha value is -3.20. The summed E-state index contributed by atoms with van der Waals surface area (Å²) in [7, 11) is 0. The van der Waals surface area contributed by atoms with Gasteiger partial charge in [-0.2, -0.15) is 0 Å². The number of carbonyl (C=O) groups excluding carboxylic acids is 1. The number of hydrogen-bond acceptors (Lipinski definition) is 6. The second kappa shape index (κ2) is 10.9. The summed E-state index contributed by atoms with van der Waals surface area (Å²) in [5.74, 6) is 3.84. The molecule has 0 spiro atoms. The summed E-state index contributed by atoms with van der Waals surface area (Å²) >= 11 is 5.90. The van der Waals surface area contributed by atoms with Gasteiger partial charge in [-0.05, 0) is 55.1 Å². The Morgan fingerprint density at radius 3 is 2.71 bits per heavy atom. The minimum absolute atomic E-state index is 0.0412. The van der Waals surface area contributed by atoms with Crippen molar-refractivity contribution in [1.82, 2.24) is 24.4 Å². The maximum atomic E-state index is 14.8. The third kappa shape index (κ3) is 5.62. The quantitative estimate of drug-likeness (QED) is 0.424. The number of fused-ring (bicyclic) bond motifs is 1. The maximum absolute atomic E-state index is 14.8. The normalized spacial score (nSPS) is 21.3. The standard InChI is InChI=1S/C28H32ClFN6O2/c29-22-16-32-28(33-17-22)35-7-3-19(4-8-35)24-13-20(24)5-12-38-23-2-1-21(25(30)15-23)14-27(37)36-11-10-34-9-6-31-26(34)18-36/h1-2,6,9,15-17,19-20,24H,3-5,7-8,10-14,18H2. The molecule has 4 heterocycles. The van der Waals surface area contributed by atoms with Crippen LogP contribution in [0.1, 0.15) is 37.1 Å². The number of nitrogens with zero attached hydrogens (tertiary/aromatic N) is 6. The van der Waals surface area contributed by atoms with Crippen molar-refractivity contribution in [2.75, 3.05) is 31.1 Å². The van der Waals surface area contributed by atoms with Gasteiger partial charge in [0, 0.05) is 44.6 Å². The summed E-state index contributed by atoms with van der Waals surface area (Å²) in [5.41, 5.74) is 0.397. The van der Waals surface area contributed by atoms with Crippen LogP contribution in [0.2, 0.25) is 5.02 Å². The molecule has 2 aliphatic heterocycles. The first-order valence-electron chi connectivity index (χ1n) is 13.4. The molecule has 3 aromatic rings. The lowest BCUT2D eigenvalue weighted by Gasteiger charge is -2.32. The van der Waals surface area contributed by atoms with Crippen LogP contribution in [0.3, 0.4) is 0 Å². The molecule has 1 saturated heterocycles. The number of amides is 1. The van der Waals surface area contributed by atoms with Crippen molar-refractivity contribution < 1.29 is 13.9 Å². The Morgan fingerprint density at radius 2 is 1.92 bits per heavy atom. The maximum Gasteiger partial charge on any atom is 0.227 e. The van der Waals surface area contributed by atoms with Gasteiger partial charge in [-0.3, -0.25) is 4.79 Å². The van der Waals surface area contributed by atoms with Crippen LogP contribution in [0.15, 0.2) is 43.0 Å². The molecule has 0 radical (unpaired) electrons. The van der Waals surface area contributed by atoms with E-state index in [1.54, 1.807) is 35.6 Å². The summed E-state index contributed by atoms with van der Waals surface area (Å²) < 4.78 is 22.7. The summed E-state index contributed by atoms with van der Waals surface area (Å²) in [6, 6.07) is 4.85. The predicted molar refractivity (Wildman–Crippen MR) is 141 cm³/mol. The van der Waals surface area contributed by atoms with Crippen molar-refractivity contribution in [3.05, 3.63) is 65.2 Å². The average molecular weight is 539 g/mol. The number of halogens is 2. The lowest BCUT2D eigenvalue weighted by Crippen LogP contribution is -2.39. The molecule has 1 amide bonds. The van der Waals surface area contributed by atoms with Gasteiger partial charge < -0.3 is 19.1 Å². The molecule has 2 aromatic heterocycles. The fourth-order valence-corrected chi connectivity index (χ4v) is 6.02. The molecule has 1 aliphatic carbocycles. The van der Waals surface area contributed by atoms with Crippen LogP contribution in [0.25, 0.3) is 0 Å². The third-order valence-electron chi connectivity index (χ3n) is 8.23. The zero-order valence-electron chi connectivity index (χ0n) is 21.3. The van der Waals surface area contributed by atoms with E-state index in [1.165, 1.54) is 12.5 Å². The first kappa shape index (κ1) is 25.1. The van der Waals surface area contributed by atoms with E-state index >= 15 is 0 Å². The van der Waals surface area contributed by atoms with Gasteiger partial charge in [0.2, 0.25) is 11.9 Å². The van der Waals surface area contributed by atoms with Gasteiger partial charge in [0.25, 0.3) is 0 Å². The van der Waals surface area contributed by atoms with Crippen LogP contribution in [-0.2, 0) is 24.3 Å². The highest BCUT2D eigenvalue weighted by Crippen LogP contribution is 2.49. The van der Waals surface area contributed by atoms with Gasteiger partial charge >= 0.3 is 0 Å². The highest BCUT2D eigenvalue weighted by atomic mass is 35.5. The van der Waals surface area contributed by atoms with E-state index in [2.05, 4.69) is 19.9 Å². The average Bonchev–Trinajstić information content (AvgIpc) is 3.55. The molecule has 8 nitrogen and oxygen atoms in total. The number of benzene rings is 1. The summed E-state index contributed by atoms with van der Waals surface area (Å²) in [4.78, 5) is 29.7. The number of piperidine rings is 1. The van der Waals surface area contributed by atoms with Crippen LogP contribution in [0, 0.1) is 23.6 Å². The van der Waals surface area contributed by atoms with Crippen molar-refractivity contribution in [2.45, 2.75) is 45.2 Å². The van der Waals surface area contributed by atoms with Crippen LogP contribution < -0.4 is 9.64 Å². The summed E-state index contributed by atoms with van der Waals surface area (Å²) in [6.45, 7) is 4.33. The van der Waals surface area contributed by atoms with Crippen LogP contribution >= 0.6 is 11.6 Å². The van der Waals surface area contributed by atoms with E-state index in [-0.39, 0.29) is 12.3 Å². The molecule has 1 aromatic carbocycles. The molecule has 0 N–H and O–H groups in total. The second-order valence-electron chi connectivity index (χ2n) is 10.6. The highest BCUT2D eigenvalue weighted by molar-refractivity contribution is 6.30. The Morgan fingerprint density at radius 1 is 1.11 bits per heavy atom. The lowest BCUT2D eigenvalue weighted by molar-refractivity contribution is -0.132. The smallest absolute Gasteiger partial charge is 0.227 e. The Balaban J connectivity index is 0.921. The summed E-state index contributed by atoms with van der Waals surface area (Å²) in [6.07, 6.45) is 11.5. The number of carbonyl (C=O) groups is 1. The van der Waals surface area contributed by atoms with E-state index in [4.69, 9.17) is 16.3 Å². The number of aromatic nitrogens is 4. The van der Waals surface area contributed by atoms with Gasteiger partial charge in [-0.15, -0.1) is 0 Å². The molecule has 2 fully saturated rings. The predicted octanol–water partition coefficient (Wildman–Crippen LogP) is 4.37. The number of ether oxygens (including phenoxy) is 1. The van der Waals surface area contributed by atoms with Gasteiger partial charge in [0.15, 0.2) is 0 Å². The van der Waals surface area contributed by atoms with E-state index in [9.17, 15) is 9.18 Å². The molecule has 200 valence electrons. The highest BCUT2D eigenvalue weighted by Gasteiger charge is 2.43. The van der Waals surface area contributed by atoms with Crippen molar-refractivity contribution in [3.63, 3.8) is 0 Å². The second-order valence-corrected chi connectivity index (χ2v) is 11.0. The minimum Gasteiger partial charge on any atom is -0.493 e. The monoisotopic (exact) mass is 538 g/mol. The van der Waals surface area contributed by atoms with Gasteiger partial charge in [0.05, 0.1) is 37.0 Å². The molecular weight excluding hydrogens is 507 g/mol. The number of imidazole rings is 1. The third-order valence-corrected chi connectivity index (χ3v) is 8.43. The Bertz CT molecular complexity index is 1280. The molecule has 2 unspecified atom stereocenters. The van der Waals surface area contributed by atoms with E-state index < -0.39 is 5.82 Å². The van der Waals surface area contributed by atoms with E-state index in [1.807, 2.05) is 10.8 Å². The number of rotatable bonds is 8. The molecular formula is C28H32ClFN6O2. The van der Waals surface area contributed by atoms with Crippen LogP contribution in [-0.4, -0.2) is 56.6 Å². The Labute approximate surface area is 226 Å².